The third kappa shape index (κ3) is 1.59. The lowest BCUT2D eigenvalue weighted by Gasteiger charge is -2.24. The zero-order valence-electron chi connectivity index (χ0n) is 9.20. The lowest BCUT2D eigenvalue weighted by molar-refractivity contribution is 1.38. The molecule has 1 aliphatic rings. The number of nitrogens with two attached hydrogens (primary N) is 1. The number of fused-ring (bicyclic) bond motifs is 2. The molecule has 0 radical (unpaired) electrons. The van der Waals surface area contributed by atoms with Gasteiger partial charge in [0.15, 0.2) is 0 Å². The molecule has 0 unspecified atom stereocenters. The summed E-state index contributed by atoms with van der Waals surface area (Å²) in [6.45, 7) is 4.15. The molecule has 3 heteroatoms. The van der Waals surface area contributed by atoms with Crippen LogP contribution in [0.15, 0.2) is 47.9 Å². The van der Waals surface area contributed by atoms with Gasteiger partial charge in [0.25, 0.3) is 0 Å². The summed E-state index contributed by atoms with van der Waals surface area (Å²) in [5.74, 6) is 0. The Hall–Kier alpha value is -1.87. The molecule has 0 atom stereocenters. The van der Waals surface area contributed by atoms with Crippen molar-refractivity contribution in [2.75, 3.05) is 11.1 Å². The van der Waals surface area contributed by atoms with Gasteiger partial charge < -0.3 is 11.1 Å². The van der Waals surface area contributed by atoms with E-state index < -0.39 is 0 Å². The van der Waals surface area contributed by atoms with E-state index in [4.69, 9.17) is 5.73 Å². The lowest BCUT2D eigenvalue weighted by Crippen LogP contribution is -2.06. The predicted molar refractivity (Wildman–Crippen MR) is 76.0 cm³/mol. The van der Waals surface area contributed by atoms with Crippen LogP contribution in [0.3, 0.4) is 0 Å². The summed E-state index contributed by atoms with van der Waals surface area (Å²) in [6, 6.07) is 11.8. The van der Waals surface area contributed by atoms with Crippen LogP contribution in [0.5, 0.6) is 0 Å². The van der Waals surface area contributed by atoms with Crippen LogP contribution in [0.25, 0.3) is 5.57 Å². The number of nitrogen functional groups attached to an aromatic ring is 1. The van der Waals surface area contributed by atoms with Gasteiger partial charge in [-0.3, -0.25) is 0 Å². The second-order valence-corrected chi connectivity index (χ2v) is 4.65. The Morgan fingerprint density at radius 2 is 1.65 bits per heavy atom. The molecule has 3 N–H and O–H groups in total. The molecule has 0 aromatic heterocycles. The van der Waals surface area contributed by atoms with Crippen molar-refractivity contribution in [2.45, 2.75) is 4.90 Å². The fourth-order valence-electron chi connectivity index (χ4n) is 2.10. The maximum atomic E-state index is 5.81. The second-order valence-electron chi connectivity index (χ2n) is 4.14. The summed E-state index contributed by atoms with van der Waals surface area (Å²) < 4.78 is 0. The number of rotatable bonds is 0. The van der Waals surface area contributed by atoms with Crippen molar-refractivity contribution in [3.05, 3.63) is 54.1 Å². The summed E-state index contributed by atoms with van der Waals surface area (Å²) in [5.41, 5.74) is 11.8. The van der Waals surface area contributed by atoms with Gasteiger partial charge in [-0.2, -0.15) is 0 Å². The zero-order valence-corrected chi connectivity index (χ0v) is 10.1. The molecule has 1 aliphatic heterocycles. The third-order valence-corrected chi connectivity index (χ3v) is 3.24. The largest absolute Gasteiger partial charge is 0.399 e. The van der Waals surface area contributed by atoms with E-state index in [1.165, 1.54) is 0 Å². The van der Waals surface area contributed by atoms with Crippen molar-refractivity contribution in [2.24, 2.45) is 0 Å². The number of anilines is 3. The number of benzene rings is 2. The minimum Gasteiger partial charge on any atom is -0.399 e. The van der Waals surface area contributed by atoms with E-state index >= 15 is 0 Å². The van der Waals surface area contributed by atoms with Gasteiger partial charge in [0.2, 0.25) is 0 Å². The van der Waals surface area contributed by atoms with Gasteiger partial charge in [-0.1, -0.05) is 6.58 Å². The fourth-order valence-corrected chi connectivity index (χ4v) is 2.31. The molecular formula is C14H12N2S. The van der Waals surface area contributed by atoms with E-state index in [1.54, 1.807) is 0 Å². The first kappa shape index (κ1) is 10.3. The van der Waals surface area contributed by atoms with E-state index in [0.717, 1.165) is 38.7 Å². The van der Waals surface area contributed by atoms with E-state index in [2.05, 4.69) is 24.5 Å². The molecule has 0 fully saturated rings. The maximum absolute atomic E-state index is 5.81. The Bertz CT molecular complexity index is 579. The predicted octanol–water partition coefficient (Wildman–Crippen LogP) is 3.68. The highest BCUT2D eigenvalue weighted by Crippen LogP contribution is 2.40. The average molecular weight is 240 g/mol. The van der Waals surface area contributed by atoms with E-state index in [9.17, 15) is 0 Å². The molecule has 1 heterocycles. The van der Waals surface area contributed by atoms with Crippen molar-refractivity contribution in [1.82, 2.24) is 0 Å². The van der Waals surface area contributed by atoms with Crippen LogP contribution in [-0.2, 0) is 0 Å². The van der Waals surface area contributed by atoms with Gasteiger partial charge in [0.1, 0.15) is 0 Å². The monoisotopic (exact) mass is 240 g/mol. The summed E-state index contributed by atoms with van der Waals surface area (Å²) in [6.07, 6.45) is 0. The fraction of sp³-hybridized carbons (Fsp3) is 0. The number of hydrogen-bond acceptors (Lipinski definition) is 3. The highest BCUT2D eigenvalue weighted by molar-refractivity contribution is 7.80. The second kappa shape index (κ2) is 3.57. The van der Waals surface area contributed by atoms with Crippen LogP contribution >= 0.6 is 12.6 Å². The van der Waals surface area contributed by atoms with Crippen LogP contribution in [0, 0.1) is 0 Å². The Balaban J connectivity index is 2.21. The average Bonchev–Trinajstić information content (AvgIpc) is 2.32. The normalized spacial score (nSPS) is 12.6. The summed E-state index contributed by atoms with van der Waals surface area (Å²) >= 11 is 4.36. The van der Waals surface area contributed by atoms with E-state index in [-0.39, 0.29) is 0 Å². The van der Waals surface area contributed by atoms with E-state index in [1.807, 2.05) is 36.4 Å². The molecule has 0 aliphatic carbocycles. The molecule has 0 amide bonds. The Morgan fingerprint density at radius 3 is 2.41 bits per heavy atom. The summed E-state index contributed by atoms with van der Waals surface area (Å²) in [4.78, 5) is 0.930. The van der Waals surface area contributed by atoms with Gasteiger partial charge in [0.05, 0.1) is 0 Å². The quantitative estimate of drug-likeness (QED) is 0.414. The topological polar surface area (TPSA) is 38.0 Å². The highest BCUT2D eigenvalue weighted by Gasteiger charge is 2.18. The number of thiol groups is 1. The number of nitrogens with one attached hydrogen (secondary N) is 1. The van der Waals surface area contributed by atoms with Gasteiger partial charge in [-0.25, -0.2) is 0 Å². The minimum absolute atomic E-state index is 0.747. The first-order valence-electron chi connectivity index (χ1n) is 5.34. The molecule has 2 aromatic carbocycles. The standard InChI is InChI=1S/C14H12N2S/c1-8-11-6-9(15)2-4-13(11)16-14-5-3-10(17)7-12(8)14/h2-7,16-17H,1,15H2. The molecule has 0 saturated carbocycles. The zero-order chi connectivity index (χ0) is 12.0. The van der Waals surface area contributed by atoms with Crippen LogP contribution < -0.4 is 11.1 Å². The SMILES string of the molecule is C=C1c2cc(N)ccc2Nc2ccc(S)cc21. The molecule has 17 heavy (non-hydrogen) atoms. The van der Waals surface area contributed by atoms with Crippen molar-refractivity contribution >= 4 is 35.3 Å². The Labute approximate surface area is 106 Å². The molecule has 2 nitrogen and oxygen atoms in total. The van der Waals surface area contributed by atoms with Crippen molar-refractivity contribution < 1.29 is 0 Å². The van der Waals surface area contributed by atoms with Crippen molar-refractivity contribution in [3.63, 3.8) is 0 Å². The summed E-state index contributed by atoms with van der Waals surface area (Å²) in [7, 11) is 0. The van der Waals surface area contributed by atoms with Crippen LogP contribution in [0.1, 0.15) is 11.1 Å². The molecular weight excluding hydrogens is 228 g/mol. The molecule has 0 bridgehead atoms. The van der Waals surface area contributed by atoms with Gasteiger partial charge in [0, 0.05) is 33.1 Å². The van der Waals surface area contributed by atoms with Gasteiger partial charge in [-0.15, -0.1) is 12.6 Å². The lowest BCUT2D eigenvalue weighted by atomic mass is 9.92. The van der Waals surface area contributed by atoms with E-state index in [0.29, 0.717) is 0 Å². The molecule has 3 rings (SSSR count). The molecule has 0 spiro atoms. The molecule has 84 valence electrons. The van der Waals surface area contributed by atoms with Crippen molar-refractivity contribution in [3.8, 4) is 0 Å². The molecule has 2 aromatic rings. The van der Waals surface area contributed by atoms with Crippen molar-refractivity contribution in [1.29, 1.82) is 0 Å². The number of hydrogen-bond donors (Lipinski definition) is 3. The smallest absolute Gasteiger partial charge is 0.0465 e. The Kier molecular flexibility index (Phi) is 2.16. The highest BCUT2D eigenvalue weighted by atomic mass is 32.1. The first-order valence-corrected chi connectivity index (χ1v) is 5.79. The van der Waals surface area contributed by atoms with Gasteiger partial charge >= 0.3 is 0 Å². The molecule has 0 saturated heterocycles. The summed E-state index contributed by atoms with van der Waals surface area (Å²) in [5, 5.41) is 3.37. The van der Waals surface area contributed by atoms with Crippen LogP contribution in [0.2, 0.25) is 0 Å². The minimum atomic E-state index is 0.747. The third-order valence-electron chi connectivity index (χ3n) is 2.97. The Morgan fingerprint density at radius 1 is 1.00 bits per heavy atom. The van der Waals surface area contributed by atoms with Gasteiger partial charge in [-0.05, 0) is 42.0 Å². The van der Waals surface area contributed by atoms with Crippen LogP contribution in [0.4, 0.5) is 17.1 Å². The first-order chi connectivity index (χ1) is 8.15. The van der Waals surface area contributed by atoms with Crippen LogP contribution in [-0.4, -0.2) is 0 Å². The maximum Gasteiger partial charge on any atom is 0.0465 e.